The second-order valence-corrected chi connectivity index (χ2v) is 10.3. The summed E-state index contributed by atoms with van der Waals surface area (Å²) < 4.78 is 0.656. The molecule has 0 aromatic heterocycles. The molecule has 0 spiro atoms. The van der Waals surface area contributed by atoms with E-state index < -0.39 is 0 Å². The van der Waals surface area contributed by atoms with Crippen LogP contribution in [0.15, 0.2) is 42.0 Å². The fourth-order valence-electron chi connectivity index (χ4n) is 5.39. The normalized spacial score (nSPS) is 21.0. The number of hydrogen-bond donors (Lipinski definition) is 0. The Balaban J connectivity index is 1.72. The van der Waals surface area contributed by atoms with Gasteiger partial charge in [0.05, 0.1) is 0 Å². The van der Waals surface area contributed by atoms with Gasteiger partial charge < -0.3 is 0 Å². The zero-order valence-electron chi connectivity index (χ0n) is 17.1. The van der Waals surface area contributed by atoms with E-state index >= 15 is 0 Å². The molecular formula is C26H31Zr. The van der Waals surface area contributed by atoms with Gasteiger partial charge in [0.25, 0.3) is 0 Å². The van der Waals surface area contributed by atoms with Crippen LogP contribution in [0, 0.1) is 19.3 Å². The van der Waals surface area contributed by atoms with Crippen molar-refractivity contribution in [2.45, 2.75) is 69.3 Å². The molecule has 2 aliphatic carbocycles. The Morgan fingerprint density at radius 3 is 2.37 bits per heavy atom. The van der Waals surface area contributed by atoms with Gasteiger partial charge in [0.15, 0.2) is 0 Å². The predicted molar refractivity (Wildman–Crippen MR) is 112 cm³/mol. The molecule has 2 aliphatic rings. The van der Waals surface area contributed by atoms with Crippen LogP contribution in [0.25, 0.3) is 17.2 Å². The van der Waals surface area contributed by atoms with Crippen molar-refractivity contribution in [2.24, 2.45) is 5.41 Å². The van der Waals surface area contributed by atoms with E-state index in [9.17, 15) is 0 Å². The van der Waals surface area contributed by atoms with Crippen LogP contribution in [0.3, 0.4) is 0 Å². The first-order valence-corrected chi connectivity index (χ1v) is 12.1. The number of allylic oxidation sites excluding steroid dienone is 1. The third-order valence-electron chi connectivity index (χ3n) is 6.93. The fourth-order valence-corrected chi connectivity index (χ4v) is 6.46. The summed E-state index contributed by atoms with van der Waals surface area (Å²) in [7, 11) is 0. The Morgan fingerprint density at radius 1 is 1.00 bits per heavy atom. The SMILES string of the molecule is CCC1(CC2=Cc3c(-c4cc(C)cc(C)c4)cccc3[CH]2[Zr])CCCCC1. The zero-order chi connectivity index (χ0) is 19.0. The van der Waals surface area contributed by atoms with E-state index in [4.69, 9.17) is 0 Å². The Labute approximate surface area is 180 Å². The minimum absolute atomic E-state index is 0.570. The molecule has 27 heavy (non-hydrogen) atoms. The molecular weight excluding hydrogens is 404 g/mol. The Morgan fingerprint density at radius 2 is 1.70 bits per heavy atom. The first kappa shape index (κ1) is 19.4. The number of aryl methyl sites for hydroxylation is 2. The Bertz CT molecular complexity index is 848. The van der Waals surface area contributed by atoms with Crippen LogP contribution in [0.2, 0.25) is 0 Å². The molecule has 4 rings (SSSR count). The molecule has 0 heterocycles. The third-order valence-corrected chi connectivity index (χ3v) is 8.60. The molecule has 0 N–H and O–H groups in total. The van der Waals surface area contributed by atoms with Crippen LogP contribution in [-0.4, -0.2) is 0 Å². The van der Waals surface area contributed by atoms with Gasteiger partial charge in [-0.25, -0.2) is 0 Å². The van der Waals surface area contributed by atoms with Gasteiger partial charge in [0.2, 0.25) is 0 Å². The van der Waals surface area contributed by atoms with Crippen molar-refractivity contribution in [2.75, 3.05) is 0 Å². The summed E-state index contributed by atoms with van der Waals surface area (Å²) in [5.74, 6) is 0. The van der Waals surface area contributed by atoms with Crippen LogP contribution in [-0.2, 0) is 24.7 Å². The summed E-state index contributed by atoms with van der Waals surface area (Å²) in [6, 6.07) is 13.9. The summed E-state index contributed by atoms with van der Waals surface area (Å²) in [6.07, 6.45) is 12.4. The van der Waals surface area contributed by atoms with Crippen LogP contribution in [0.1, 0.15) is 77.7 Å². The number of rotatable bonds is 4. The van der Waals surface area contributed by atoms with E-state index in [1.54, 1.807) is 35.9 Å². The standard InChI is InChI=1S/C26H31.Zr/c1-4-26(11-6-5-7-12-26)18-21-16-22-9-8-10-24(25(22)17-21)23-14-19(2)13-20(3)15-23;/h8-10,13-17H,4-7,11-12,18H2,1-3H3;. The van der Waals surface area contributed by atoms with Crippen molar-refractivity contribution in [3.05, 3.63) is 64.2 Å². The van der Waals surface area contributed by atoms with Gasteiger partial charge in [0, 0.05) is 0 Å². The molecule has 1 atom stereocenters. The van der Waals surface area contributed by atoms with E-state index in [0.717, 1.165) is 0 Å². The van der Waals surface area contributed by atoms with Gasteiger partial charge in [0.1, 0.15) is 0 Å². The number of benzene rings is 2. The van der Waals surface area contributed by atoms with Gasteiger partial charge in [-0.3, -0.25) is 0 Å². The van der Waals surface area contributed by atoms with Gasteiger partial charge in [-0.1, -0.05) is 0 Å². The molecule has 0 saturated heterocycles. The van der Waals surface area contributed by atoms with E-state index in [2.05, 4.69) is 63.2 Å². The fraction of sp³-hybridized carbons (Fsp3) is 0.462. The molecule has 0 aliphatic heterocycles. The average Bonchev–Trinajstić information content (AvgIpc) is 2.97. The van der Waals surface area contributed by atoms with E-state index in [1.165, 1.54) is 72.8 Å². The van der Waals surface area contributed by atoms with Crippen LogP contribution in [0.4, 0.5) is 0 Å². The van der Waals surface area contributed by atoms with E-state index in [-0.39, 0.29) is 0 Å². The van der Waals surface area contributed by atoms with Crippen LogP contribution >= 0.6 is 0 Å². The molecule has 1 saturated carbocycles. The molecule has 1 fully saturated rings. The number of hydrogen-bond acceptors (Lipinski definition) is 0. The third kappa shape index (κ3) is 3.82. The van der Waals surface area contributed by atoms with Crippen LogP contribution in [0.5, 0.6) is 0 Å². The minimum atomic E-state index is 0.570. The maximum atomic E-state index is 2.58. The second kappa shape index (κ2) is 7.83. The molecule has 139 valence electrons. The summed E-state index contributed by atoms with van der Waals surface area (Å²) in [5, 5.41) is 0. The van der Waals surface area contributed by atoms with E-state index in [0.29, 0.717) is 9.04 Å². The summed E-state index contributed by atoms with van der Waals surface area (Å²) in [4.78, 5) is 0. The average molecular weight is 435 g/mol. The first-order valence-electron chi connectivity index (χ1n) is 10.6. The molecule has 0 amide bonds. The van der Waals surface area contributed by atoms with Crippen molar-refractivity contribution in [3.8, 4) is 11.1 Å². The second-order valence-electron chi connectivity index (χ2n) is 8.93. The molecule has 2 aromatic carbocycles. The van der Waals surface area contributed by atoms with Crippen molar-refractivity contribution >= 4 is 6.08 Å². The molecule has 1 unspecified atom stereocenters. The molecule has 0 bridgehead atoms. The molecule has 2 aromatic rings. The Kier molecular flexibility index (Phi) is 5.62. The van der Waals surface area contributed by atoms with Crippen LogP contribution < -0.4 is 0 Å². The van der Waals surface area contributed by atoms with E-state index in [1.807, 2.05) is 0 Å². The van der Waals surface area contributed by atoms with Crippen molar-refractivity contribution < 1.29 is 24.7 Å². The predicted octanol–water partition coefficient (Wildman–Crippen LogP) is 7.71. The summed E-state index contributed by atoms with van der Waals surface area (Å²) in [6.45, 7) is 6.84. The topological polar surface area (TPSA) is 0 Å². The van der Waals surface area contributed by atoms with Crippen molar-refractivity contribution in [1.29, 1.82) is 0 Å². The maximum absolute atomic E-state index is 2.58. The number of fused-ring (bicyclic) bond motifs is 1. The first-order chi connectivity index (χ1) is 13.0. The quantitative estimate of drug-likeness (QED) is 0.462. The zero-order valence-corrected chi connectivity index (χ0v) is 19.5. The molecule has 1 heteroatoms. The van der Waals surface area contributed by atoms with Gasteiger partial charge >= 0.3 is 181 Å². The molecule has 0 nitrogen and oxygen atoms in total. The van der Waals surface area contributed by atoms with Gasteiger partial charge in [-0.05, 0) is 0 Å². The van der Waals surface area contributed by atoms with Crippen molar-refractivity contribution in [1.82, 2.24) is 0 Å². The van der Waals surface area contributed by atoms with Gasteiger partial charge in [-0.2, -0.15) is 0 Å². The summed E-state index contributed by atoms with van der Waals surface area (Å²) in [5.41, 5.74) is 10.9. The molecule has 0 radical (unpaired) electrons. The monoisotopic (exact) mass is 433 g/mol. The Hall–Kier alpha value is -0.937. The van der Waals surface area contributed by atoms with Crippen molar-refractivity contribution in [3.63, 3.8) is 0 Å². The summed E-state index contributed by atoms with van der Waals surface area (Å²) >= 11 is 1.65. The van der Waals surface area contributed by atoms with Gasteiger partial charge in [-0.15, -0.1) is 0 Å².